The fraction of sp³-hybridized carbons (Fsp3) is 0.353. The van der Waals surface area contributed by atoms with Gasteiger partial charge < -0.3 is 9.64 Å². The summed E-state index contributed by atoms with van der Waals surface area (Å²) in [5.41, 5.74) is 1.25. The maximum Gasteiger partial charge on any atom is 0.343 e. The van der Waals surface area contributed by atoms with Gasteiger partial charge in [0.05, 0.1) is 6.54 Å². The molecule has 120 valence electrons. The largest absolute Gasteiger partial charge is 0.460 e. The first kappa shape index (κ1) is 15.7. The molecule has 2 heterocycles. The van der Waals surface area contributed by atoms with E-state index in [1.807, 2.05) is 18.2 Å². The minimum Gasteiger partial charge on any atom is -0.460 e. The fourth-order valence-corrected chi connectivity index (χ4v) is 2.71. The van der Waals surface area contributed by atoms with Crippen molar-refractivity contribution < 1.29 is 9.53 Å². The van der Waals surface area contributed by atoms with Gasteiger partial charge in [-0.25, -0.2) is 14.8 Å². The third-order valence-electron chi connectivity index (χ3n) is 3.75. The quantitative estimate of drug-likeness (QED) is 0.802. The van der Waals surface area contributed by atoms with Gasteiger partial charge >= 0.3 is 5.97 Å². The normalized spacial score (nSPS) is 14.2. The second-order valence-corrected chi connectivity index (χ2v) is 5.85. The minimum atomic E-state index is -0.364. The van der Waals surface area contributed by atoms with Crippen molar-refractivity contribution in [2.24, 2.45) is 0 Å². The first-order chi connectivity index (χ1) is 11.2. The maximum absolute atomic E-state index is 12.1. The number of nitrogens with zero attached hydrogens (tertiary/aromatic N) is 3. The van der Waals surface area contributed by atoms with Crippen LogP contribution in [0.1, 0.15) is 30.1 Å². The number of fused-ring (bicyclic) bond motifs is 1. The van der Waals surface area contributed by atoms with Gasteiger partial charge in [0, 0.05) is 23.3 Å². The van der Waals surface area contributed by atoms with Gasteiger partial charge in [0.15, 0.2) is 5.82 Å². The summed E-state index contributed by atoms with van der Waals surface area (Å²) in [6, 6.07) is 7.38. The van der Waals surface area contributed by atoms with Crippen LogP contribution in [0.25, 0.3) is 11.4 Å². The van der Waals surface area contributed by atoms with E-state index in [1.54, 1.807) is 12.3 Å². The molecular weight excluding hydrogens is 314 g/mol. The number of unbranched alkanes of at least 4 members (excludes halogenated alkanes) is 1. The number of rotatable bonds is 4. The molecule has 0 unspecified atom stereocenters. The number of hydrogen-bond donors (Lipinski definition) is 0. The monoisotopic (exact) mass is 331 g/mol. The van der Waals surface area contributed by atoms with Crippen molar-refractivity contribution >= 4 is 23.4 Å². The van der Waals surface area contributed by atoms with Crippen molar-refractivity contribution in [3.8, 4) is 11.4 Å². The van der Waals surface area contributed by atoms with Gasteiger partial charge in [-0.15, -0.1) is 0 Å². The molecule has 6 heteroatoms. The number of benzene rings is 1. The zero-order valence-electron chi connectivity index (χ0n) is 13.0. The van der Waals surface area contributed by atoms with Crippen LogP contribution in [0.2, 0.25) is 5.02 Å². The molecular formula is C17H18ClN3O2. The van der Waals surface area contributed by atoms with E-state index in [4.69, 9.17) is 16.3 Å². The average molecular weight is 332 g/mol. The van der Waals surface area contributed by atoms with Gasteiger partial charge in [-0.3, -0.25) is 0 Å². The van der Waals surface area contributed by atoms with E-state index in [0.29, 0.717) is 35.4 Å². The van der Waals surface area contributed by atoms with Crippen LogP contribution in [0, 0.1) is 0 Å². The summed E-state index contributed by atoms with van der Waals surface area (Å²) in [5, 5.41) is 0.628. The topological polar surface area (TPSA) is 55.3 Å². The number of esters is 1. The Bertz CT molecular complexity index is 721. The van der Waals surface area contributed by atoms with E-state index in [1.165, 1.54) is 0 Å². The van der Waals surface area contributed by atoms with Crippen LogP contribution in [0.3, 0.4) is 0 Å². The van der Waals surface area contributed by atoms with Crippen LogP contribution in [0.5, 0.6) is 0 Å². The molecule has 0 bridgehead atoms. The average Bonchev–Trinajstić information content (AvgIpc) is 2.72. The lowest BCUT2D eigenvalue weighted by atomic mass is 10.2. The van der Waals surface area contributed by atoms with E-state index < -0.39 is 0 Å². The zero-order valence-corrected chi connectivity index (χ0v) is 13.7. The van der Waals surface area contributed by atoms with E-state index in [2.05, 4.69) is 21.8 Å². The number of carbonyl (C=O) groups excluding carboxylic acids is 1. The molecule has 2 aromatic rings. The molecule has 0 radical (unpaired) electrons. The smallest absolute Gasteiger partial charge is 0.343 e. The second kappa shape index (κ2) is 6.96. The lowest BCUT2D eigenvalue weighted by Crippen LogP contribution is -2.28. The Morgan fingerprint density at radius 1 is 1.39 bits per heavy atom. The molecule has 0 amide bonds. The van der Waals surface area contributed by atoms with Gasteiger partial charge in [-0.2, -0.15) is 0 Å². The summed E-state index contributed by atoms with van der Waals surface area (Å²) in [7, 11) is 0. The molecule has 0 atom stereocenters. The van der Waals surface area contributed by atoms with Gasteiger partial charge in [0.25, 0.3) is 0 Å². The fourth-order valence-electron chi connectivity index (χ4n) is 2.52. The molecule has 1 aliphatic rings. The van der Waals surface area contributed by atoms with Crippen LogP contribution in [-0.4, -0.2) is 35.6 Å². The maximum atomic E-state index is 12.1. The predicted octanol–water partition coefficient (Wildman–Crippen LogP) is 3.57. The van der Waals surface area contributed by atoms with E-state index in [9.17, 15) is 4.79 Å². The number of halogens is 1. The van der Waals surface area contributed by atoms with E-state index in [0.717, 1.165) is 24.9 Å². The Kier molecular flexibility index (Phi) is 4.76. The number of cyclic esters (lactones) is 1. The lowest BCUT2D eigenvalue weighted by molar-refractivity contribution is 0.0526. The summed E-state index contributed by atoms with van der Waals surface area (Å²) < 4.78 is 5.22. The molecule has 0 aliphatic carbocycles. The molecule has 0 saturated carbocycles. The summed E-state index contributed by atoms with van der Waals surface area (Å²) in [6.07, 6.45) is 3.65. The third-order valence-corrected chi connectivity index (χ3v) is 3.98. The molecule has 1 aromatic heterocycles. The van der Waals surface area contributed by atoms with Crippen molar-refractivity contribution in [3.63, 3.8) is 0 Å². The van der Waals surface area contributed by atoms with Crippen LogP contribution >= 0.6 is 11.6 Å². The summed E-state index contributed by atoms with van der Waals surface area (Å²) >= 11 is 6.04. The highest BCUT2D eigenvalue weighted by molar-refractivity contribution is 6.30. The molecule has 0 fully saturated rings. The second-order valence-electron chi connectivity index (χ2n) is 5.42. The zero-order chi connectivity index (χ0) is 16.2. The highest BCUT2D eigenvalue weighted by Crippen LogP contribution is 2.26. The highest BCUT2D eigenvalue weighted by atomic mass is 35.5. The van der Waals surface area contributed by atoms with Crippen LogP contribution < -0.4 is 4.90 Å². The molecule has 1 aliphatic heterocycles. The molecule has 23 heavy (non-hydrogen) atoms. The van der Waals surface area contributed by atoms with Gasteiger partial charge in [0.1, 0.15) is 18.0 Å². The van der Waals surface area contributed by atoms with Crippen molar-refractivity contribution in [3.05, 3.63) is 41.0 Å². The predicted molar refractivity (Wildman–Crippen MR) is 89.9 cm³/mol. The first-order valence-electron chi connectivity index (χ1n) is 7.74. The van der Waals surface area contributed by atoms with Crippen LogP contribution in [0.4, 0.5) is 5.82 Å². The molecule has 0 saturated heterocycles. The molecule has 0 spiro atoms. The van der Waals surface area contributed by atoms with Gasteiger partial charge in [0.2, 0.25) is 0 Å². The Hall–Kier alpha value is -2.14. The molecule has 3 rings (SSSR count). The molecule has 0 N–H and O–H groups in total. The first-order valence-corrected chi connectivity index (χ1v) is 8.12. The highest BCUT2D eigenvalue weighted by Gasteiger charge is 2.24. The Morgan fingerprint density at radius 2 is 2.26 bits per heavy atom. The summed E-state index contributed by atoms with van der Waals surface area (Å²) in [6.45, 7) is 3.99. The summed E-state index contributed by atoms with van der Waals surface area (Å²) in [5.74, 6) is 0.838. The minimum absolute atomic E-state index is 0.364. The van der Waals surface area contributed by atoms with E-state index >= 15 is 0 Å². The molecule has 5 nitrogen and oxygen atoms in total. The number of carbonyl (C=O) groups is 1. The Balaban J connectivity index is 2.03. The van der Waals surface area contributed by atoms with E-state index in [-0.39, 0.29) is 5.97 Å². The third kappa shape index (κ3) is 3.45. The van der Waals surface area contributed by atoms with Crippen molar-refractivity contribution in [2.75, 3.05) is 24.6 Å². The number of ether oxygens (including phenoxy) is 1. The lowest BCUT2D eigenvalue weighted by Gasteiger charge is -2.22. The summed E-state index contributed by atoms with van der Waals surface area (Å²) in [4.78, 5) is 23.1. The Labute approximate surface area is 140 Å². The number of anilines is 1. The van der Waals surface area contributed by atoms with Gasteiger partial charge in [-0.1, -0.05) is 37.1 Å². The van der Waals surface area contributed by atoms with Gasteiger partial charge in [-0.05, 0) is 18.6 Å². The van der Waals surface area contributed by atoms with Crippen molar-refractivity contribution in [1.82, 2.24) is 9.97 Å². The molecule has 1 aromatic carbocycles. The SMILES string of the molecule is CCCCN1CCOC(=O)c2cnc(-c3cccc(Cl)c3)nc21. The number of hydrogen-bond acceptors (Lipinski definition) is 5. The van der Waals surface area contributed by atoms with Crippen molar-refractivity contribution in [2.45, 2.75) is 19.8 Å². The van der Waals surface area contributed by atoms with Crippen LogP contribution in [-0.2, 0) is 4.74 Å². The number of aromatic nitrogens is 2. The van der Waals surface area contributed by atoms with Crippen molar-refractivity contribution in [1.29, 1.82) is 0 Å². The van der Waals surface area contributed by atoms with Crippen LogP contribution in [0.15, 0.2) is 30.5 Å². The standard InChI is InChI=1S/C17H18ClN3O2/c1-2-3-7-21-8-9-23-17(22)14-11-19-15(20-16(14)21)12-5-4-6-13(18)10-12/h4-6,10-11H,2-3,7-9H2,1H3. The Morgan fingerprint density at radius 3 is 3.04 bits per heavy atom.